The van der Waals surface area contributed by atoms with Crippen molar-refractivity contribution >= 4 is 11.9 Å². The zero-order valence-electron chi connectivity index (χ0n) is 10.6. The van der Waals surface area contributed by atoms with E-state index in [1.165, 1.54) is 6.92 Å². The Labute approximate surface area is 106 Å². The number of carbonyl (C=O) groups is 2. The first-order chi connectivity index (χ1) is 8.52. The summed E-state index contributed by atoms with van der Waals surface area (Å²) in [6.07, 6.45) is -0.676. The third-order valence-corrected chi connectivity index (χ3v) is 2.02. The fourth-order valence-electron chi connectivity index (χ4n) is 1.26. The molecule has 0 aliphatic rings. The van der Waals surface area contributed by atoms with Crippen LogP contribution in [0.2, 0.25) is 0 Å². The topological polar surface area (TPSA) is 61.8 Å². The van der Waals surface area contributed by atoms with E-state index < -0.39 is 12.1 Å². The highest BCUT2D eigenvalue weighted by Gasteiger charge is 2.15. The predicted molar refractivity (Wildman–Crippen MR) is 64.5 cm³/mol. The van der Waals surface area contributed by atoms with E-state index in [-0.39, 0.29) is 5.97 Å². The molecule has 1 aromatic rings. The zero-order chi connectivity index (χ0) is 13.5. The summed E-state index contributed by atoms with van der Waals surface area (Å²) in [5, 5.41) is 0. The maximum Gasteiger partial charge on any atom is 0.347 e. The van der Waals surface area contributed by atoms with Crippen LogP contribution in [0.4, 0.5) is 0 Å². The average Bonchev–Trinajstić information content (AvgIpc) is 2.31. The van der Waals surface area contributed by atoms with Gasteiger partial charge in [0.2, 0.25) is 0 Å². The molecule has 0 bridgehead atoms. The first kappa shape index (κ1) is 14.0. The first-order valence-electron chi connectivity index (χ1n) is 5.64. The number of ether oxygens (including phenoxy) is 3. The molecule has 0 saturated heterocycles. The number of hydrogen-bond donors (Lipinski definition) is 0. The minimum Gasteiger partial charge on any atom is -0.479 e. The molecule has 5 heteroatoms. The Morgan fingerprint density at radius 3 is 2.22 bits per heavy atom. The zero-order valence-corrected chi connectivity index (χ0v) is 10.6. The van der Waals surface area contributed by atoms with Gasteiger partial charge in [0.15, 0.2) is 6.10 Å². The molecule has 0 fully saturated rings. The molecule has 0 amide bonds. The van der Waals surface area contributed by atoms with E-state index in [0.717, 1.165) is 0 Å². The molecular weight excluding hydrogens is 236 g/mol. The second-order valence-electron chi connectivity index (χ2n) is 3.58. The molecular formula is C13H16O5. The summed E-state index contributed by atoms with van der Waals surface area (Å²) in [6.45, 7) is 4.99. The van der Waals surface area contributed by atoms with Gasteiger partial charge in [-0.25, -0.2) is 4.79 Å². The van der Waals surface area contributed by atoms with Crippen molar-refractivity contribution in [2.45, 2.75) is 26.9 Å². The fraction of sp³-hybridized carbons (Fsp3) is 0.385. The second kappa shape index (κ2) is 6.64. The fourth-order valence-corrected chi connectivity index (χ4v) is 1.26. The lowest BCUT2D eigenvalue weighted by molar-refractivity contribution is -0.150. The van der Waals surface area contributed by atoms with Crippen LogP contribution in [0, 0.1) is 0 Å². The summed E-state index contributed by atoms with van der Waals surface area (Å²) in [4.78, 5) is 22.1. The van der Waals surface area contributed by atoms with Crippen molar-refractivity contribution in [3.63, 3.8) is 0 Å². The van der Waals surface area contributed by atoms with E-state index in [0.29, 0.717) is 18.1 Å². The highest BCUT2D eigenvalue weighted by atomic mass is 16.6. The summed E-state index contributed by atoms with van der Waals surface area (Å²) < 4.78 is 15.1. The molecule has 1 atom stereocenters. The maximum absolute atomic E-state index is 11.3. The second-order valence-corrected chi connectivity index (χ2v) is 3.58. The van der Waals surface area contributed by atoms with Gasteiger partial charge in [0.25, 0.3) is 0 Å². The van der Waals surface area contributed by atoms with Crippen molar-refractivity contribution in [3.8, 4) is 11.5 Å². The van der Waals surface area contributed by atoms with Gasteiger partial charge in [-0.15, -0.1) is 0 Å². The van der Waals surface area contributed by atoms with Gasteiger partial charge in [0.1, 0.15) is 11.5 Å². The SMILES string of the molecule is CCOC(=O)[C@@H](C)Oc1ccc(OC(C)=O)cc1. The summed E-state index contributed by atoms with van der Waals surface area (Å²) >= 11 is 0. The van der Waals surface area contributed by atoms with Crippen molar-refractivity contribution in [3.05, 3.63) is 24.3 Å². The molecule has 0 heterocycles. The predicted octanol–water partition coefficient (Wildman–Crippen LogP) is 1.94. The lowest BCUT2D eigenvalue weighted by Gasteiger charge is -2.13. The minimum absolute atomic E-state index is 0.317. The van der Waals surface area contributed by atoms with Crippen LogP contribution in [0.1, 0.15) is 20.8 Å². The standard InChI is InChI=1S/C13H16O5/c1-4-16-13(15)9(2)17-11-5-7-12(8-6-11)18-10(3)14/h5-9H,4H2,1-3H3/t9-/m1/s1. The van der Waals surface area contributed by atoms with Crippen LogP contribution in [0.25, 0.3) is 0 Å². The minimum atomic E-state index is -0.676. The summed E-state index contributed by atoms with van der Waals surface area (Å²) in [5.74, 6) is 0.134. The molecule has 0 aliphatic carbocycles. The smallest absolute Gasteiger partial charge is 0.347 e. The summed E-state index contributed by atoms with van der Waals surface area (Å²) in [5.41, 5.74) is 0. The number of hydrogen-bond acceptors (Lipinski definition) is 5. The molecule has 1 aromatic carbocycles. The highest BCUT2D eigenvalue weighted by Crippen LogP contribution is 2.19. The monoisotopic (exact) mass is 252 g/mol. The van der Waals surface area contributed by atoms with Gasteiger partial charge in [-0.3, -0.25) is 4.79 Å². The normalized spacial score (nSPS) is 11.5. The van der Waals surface area contributed by atoms with Crippen LogP contribution in [0.5, 0.6) is 11.5 Å². The van der Waals surface area contributed by atoms with Crippen molar-refractivity contribution in [2.24, 2.45) is 0 Å². The van der Waals surface area contributed by atoms with Crippen molar-refractivity contribution < 1.29 is 23.8 Å². The number of rotatable bonds is 5. The quantitative estimate of drug-likeness (QED) is 0.592. The van der Waals surface area contributed by atoms with E-state index in [2.05, 4.69) is 0 Å². The number of esters is 2. The van der Waals surface area contributed by atoms with E-state index in [9.17, 15) is 9.59 Å². The average molecular weight is 252 g/mol. The van der Waals surface area contributed by atoms with Gasteiger partial charge >= 0.3 is 11.9 Å². The molecule has 0 unspecified atom stereocenters. The molecule has 98 valence electrons. The van der Waals surface area contributed by atoms with Crippen LogP contribution >= 0.6 is 0 Å². The Morgan fingerprint density at radius 1 is 1.17 bits per heavy atom. The maximum atomic E-state index is 11.3. The van der Waals surface area contributed by atoms with Crippen LogP contribution in [-0.4, -0.2) is 24.6 Å². The van der Waals surface area contributed by atoms with Gasteiger partial charge in [-0.1, -0.05) is 0 Å². The lowest BCUT2D eigenvalue weighted by Crippen LogP contribution is -2.26. The Morgan fingerprint density at radius 2 is 1.72 bits per heavy atom. The van der Waals surface area contributed by atoms with Crippen molar-refractivity contribution in [2.75, 3.05) is 6.61 Å². The van der Waals surface area contributed by atoms with Crippen LogP contribution in [-0.2, 0) is 14.3 Å². The molecule has 18 heavy (non-hydrogen) atoms. The van der Waals surface area contributed by atoms with Gasteiger partial charge < -0.3 is 14.2 Å². The van der Waals surface area contributed by atoms with Crippen molar-refractivity contribution in [1.82, 2.24) is 0 Å². The first-order valence-corrected chi connectivity index (χ1v) is 5.64. The van der Waals surface area contributed by atoms with E-state index in [4.69, 9.17) is 14.2 Å². The lowest BCUT2D eigenvalue weighted by atomic mass is 10.3. The molecule has 0 aliphatic heterocycles. The largest absolute Gasteiger partial charge is 0.479 e. The Kier molecular flexibility index (Phi) is 5.17. The molecule has 5 nitrogen and oxygen atoms in total. The molecule has 0 N–H and O–H groups in total. The van der Waals surface area contributed by atoms with Gasteiger partial charge in [0.05, 0.1) is 6.61 Å². The summed E-state index contributed by atoms with van der Waals surface area (Å²) in [6, 6.07) is 6.42. The van der Waals surface area contributed by atoms with Crippen LogP contribution in [0.15, 0.2) is 24.3 Å². The van der Waals surface area contributed by atoms with Crippen LogP contribution < -0.4 is 9.47 Å². The molecule has 1 rings (SSSR count). The van der Waals surface area contributed by atoms with Gasteiger partial charge in [0, 0.05) is 6.92 Å². The van der Waals surface area contributed by atoms with Crippen LogP contribution in [0.3, 0.4) is 0 Å². The summed E-state index contributed by atoms with van der Waals surface area (Å²) in [7, 11) is 0. The molecule has 0 aromatic heterocycles. The highest BCUT2D eigenvalue weighted by molar-refractivity contribution is 5.74. The molecule has 0 spiro atoms. The third kappa shape index (κ3) is 4.45. The molecule has 0 saturated carbocycles. The van der Waals surface area contributed by atoms with Crippen molar-refractivity contribution in [1.29, 1.82) is 0 Å². The van der Waals surface area contributed by atoms with Gasteiger partial charge in [-0.2, -0.15) is 0 Å². The number of benzene rings is 1. The number of carbonyl (C=O) groups excluding carboxylic acids is 2. The van der Waals surface area contributed by atoms with E-state index in [1.807, 2.05) is 0 Å². The third-order valence-electron chi connectivity index (χ3n) is 2.02. The van der Waals surface area contributed by atoms with Gasteiger partial charge in [-0.05, 0) is 38.1 Å². The Balaban J connectivity index is 2.58. The Hall–Kier alpha value is -2.04. The van der Waals surface area contributed by atoms with E-state index >= 15 is 0 Å². The molecule has 0 radical (unpaired) electrons. The van der Waals surface area contributed by atoms with E-state index in [1.54, 1.807) is 38.1 Å². The Bertz CT molecular complexity index is 410.